The molecule has 0 bridgehead atoms. The van der Waals surface area contributed by atoms with Gasteiger partial charge >= 0.3 is 0 Å². The van der Waals surface area contributed by atoms with Crippen molar-refractivity contribution >= 4 is 17.4 Å². The van der Waals surface area contributed by atoms with Crippen LogP contribution in [0.4, 0.5) is 5.82 Å². The first-order valence-corrected chi connectivity index (χ1v) is 7.12. The molecule has 0 amide bonds. The molecule has 0 aromatic carbocycles. The summed E-state index contributed by atoms with van der Waals surface area (Å²) in [6.07, 6.45) is 3.69. The Morgan fingerprint density at radius 1 is 1.37 bits per heavy atom. The van der Waals surface area contributed by atoms with Crippen LogP contribution in [0.1, 0.15) is 19.8 Å². The average molecular weight is 279 g/mol. The lowest BCUT2D eigenvalue weighted by molar-refractivity contribution is 0.211. The number of anilines is 1. The highest BCUT2D eigenvalue weighted by Gasteiger charge is 2.23. The fourth-order valence-corrected chi connectivity index (χ4v) is 2.53. The molecule has 4 nitrogen and oxygen atoms in total. The van der Waals surface area contributed by atoms with Gasteiger partial charge in [0, 0.05) is 32.4 Å². The maximum Gasteiger partial charge on any atom is 0.128 e. The third-order valence-electron chi connectivity index (χ3n) is 3.50. The van der Waals surface area contributed by atoms with E-state index in [1.807, 2.05) is 12.1 Å². The van der Waals surface area contributed by atoms with Crippen LogP contribution in [0.3, 0.4) is 0 Å². The number of halogens is 1. The minimum atomic E-state index is 0.0605. The Balaban J connectivity index is 1.92. The standard InChI is InChI=1S/C14H19ClN4/c1-2-3-13(10-16)18-6-8-19(9-7-18)14-5-4-12(15)11-17-14/h4-5,11,13H,2-3,6-9H2,1H3. The SMILES string of the molecule is CCCC(C#N)N1CCN(c2ccc(Cl)cn2)CC1. The van der Waals surface area contributed by atoms with E-state index in [1.165, 1.54) is 0 Å². The number of piperazine rings is 1. The summed E-state index contributed by atoms with van der Waals surface area (Å²) in [6.45, 7) is 5.79. The number of rotatable bonds is 4. The third-order valence-corrected chi connectivity index (χ3v) is 3.73. The van der Waals surface area contributed by atoms with Crippen LogP contribution in [0.15, 0.2) is 18.3 Å². The van der Waals surface area contributed by atoms with Gasteiger partial charge in [-0.25, -0.2) is 4.98 Å². The third kappa shape index (κ3) is 3.59. The van der Waals surface area contributed by atoms with Crippen molar-refractivity contribution in [3.05, 3.63) is 23.4 Å². The zero-order valence-corrected chi connectivity index (χ0v) is 12.0. The summed E-state index contributed by atoms with van der Waals surface area (Å²) in [5.74, 6) is 0.966. The average Bonchev–Trinajstić information content (AvgIpc) is 2.46. The first kappa shape index (κ1) is 14.1. The van der Waals surface area contributed by atoms with Gasteiger partial charge in [0.2, 0.25) is 0 Å². The second-order valence-electron chi connectivity index (χ2n) is 4.79. The quantitative estimate of drug-likeness (QED) is 0.849. The molecule has 0 saturated carbocycles. The van der Waals surface area contributed by atoms with E-state index in [0.717, 1.165) is 44.8 Å². The zero-order chi connectivity index (χ0) is 13.7. The van der Waals surface area contributed by atoms with Gasteiger partial charge in [-0.2, -0.15) is 5.26 Å². The minimum absolute atomic E-state index is 0.0605. The van der Waals surface area contributed by atoms with Crippen molar-refractivity contribution in [1.29, 1.82) is 5.26 Å². The summed E-state index contributed by atoms with van der Waals surface area (Å²) in [5.41, 5.74) is 0. The van der Waals surface area contributed by atoms with Gasteiger partial charge in [-0.1, -0.05) is 24.9 Å². The number of pyridine rings is 1. The molecule has 1 aliphatic rings. The lowest BCUT2D eigenvalue weighted by Gasteiger charge is -2.37. The fourth-order valence-electron chi connectivity index (χ4n) is 2.42. The first-order chi connectivity index (χ1) is 9.24. The number of hydrogen-bond acceptors (Lipinski definition) is 4. The monoisotopic (exact) mass is 278 g/mol. The van der Waals surface area contributed by atoms with Crippen molar-refractivity contribution in [3.8, 4) is 6.07 Å². The van der Waals surface area contributed by atoms with Crippen LogP contribution in [-0.4, -0.2) is 42.1 Å². The zero-order valence-electron chi connectivity index (χ0n) is 11.2. The predicted octanol–water partition coefficient (Wildman–Crippen LogP) is 2.55. The molecule has 1 fully saturated rings. The van der Waals surface area contributed by atoms with Crippen LogP contribution in [0.2, 0.25) is 5.02 Å². The topological polar surface area (TPSA) is 43.2 Å². The van der Waals surface area contributed by atoms with Crippen molar-refractivity contribution in [2.75, 3.05) is 31.1 Å². The van der Waals surface area contributed by atoms with Crippen LogP contribution in [0.25, 0.3) is 0 Å². The molecule has 0 radical (unpaired) electrons. The Kier molecular flexibility index (Phi) is 5.00. The summed E-state index contributed by atoms with van der Waals surface area (Å²) in [6, 6.07) is 6.29. The van der Waals surface area contributed by atoms with Gasteiger partial charge < -0.3 is 4.90 Å². The Bertz CT molecular complexity index is 432. The molecular weight excluding hydrogens is 260 g/mol. The van der Waals surface area contributed by atoms with E-state index in [0.29, 0.717) is 5.02 Å². The summed E-state index contributed by atoms with van der Waals surface area (Å²) in [7, 11) is 0. The van der Waals surface area contributed by atoms with E-state index >= 15 is 0 Å². The van der Waals surface area contributed by atoms with Gasteiger partial charge in [0.1, 0.15) is 5.82 Å². The summed E-state index contributed by atoms with van der Waals surface area (Å²) in [5, 5.41) is 9.85. The maximum atomic E-state index is 9.19. The molecule has 5 heteroatoms. The Morgan fingerprint density at radius 2 is 2.11 bits per heavy atom. The lowest BCUT2D eigenvalue weighted by atomic mass is 10.1. The van der Waals surface area contributed by atoms with Crippen molar-refractivity contribution in [3.63, 3.8) is 0 Å². The van der Waals surface area contributed by atoms with E-state index < -0.39 is 0 Å². The maximum absolute atomic E-state index is 9.19. The molecule has 0 aliphatic carbocycles. The first-order valence-electron chi connectivity index (χ1n) is 6.74. The molecule has 2 heterocycles. The molecule has 1 aromatic rings. The van der Waals surface area contributed by atoms with Gasteiger partial charge in [-0.15, -0.1) is 0 Å². The molecule has 19 heavy (non-hydrogen) atoms. The largest absolute Gasteiger partial charge is 0.354 e. The van der Waals surface area contributed by atoms with Crippen molar-refractivity contribution in [2.24, 2.45) is 0 Å². The van der Waals surface area contributed by atoms with Gasteiger partial charge in [-0.3, -0.25) is 4.90 Å². The van der Waals surface area contributed by atoms with Gasteiger partial charge in [-0.05, 0) is 18.6 Å². The molecule has 2 rings (SSSR count). The van der Waals surface area contributed by atoms with E-state index in [4.69, 9.17) is 11.6 Å². The van der Waals surface area contributed by atoms with Gasteiger partial charge in [0.25, 0.3) is 0 Å². The fraction of sp³-hybridized carbons (Fsp3) is 0.571. The highest BCUT2D eigenvalue weighted by molar-refractivity contribution is 6.30. The van der Waals surface area contributed by atoms with Gasteiger partial charge in [0.05, 0.1) is 17.1 Å². The molecule has 1 atom stereocenters. The second-order valence-corrected chi connectivity index (χ2v) is 5.23. The summed E-state index contributed by atoms with van der Waals surface area (Å²) >= 11 is 5.84. The van der Waals surface area contributed by atoms with Crippen molar-refractivity contribution in [2.45, 2.75) is 25.8 Å². The Morgan fingerprint density at radius 3 is 2.63 bits per heavy atom. The van der Waals surface area contributed by atoms with Crippen molar-refractivity contribution < 1.29 is 0 Å². The molecule has 0 spiro atoms. The van der Waals surface area contributed by atoms with Crippen LogP contribution < -0.4 is 4.90 Å². The van der Waals surface area contributed by atoms with E-state index in [2.05, 4.69) is 27.8 Å². The number of aromatic nitrogens is 1. The van der Waals surface area contributed by atoms with Crippen LogP contribution >= 0.6 is 11.6 Å². The number of hydrogen-bond donors (Lipinski definition) is 0. The minimum Gasteiger partial charge on any atom is -0.354 e. The predicted molar refractivity (Wildman–Crippen MR) is 77.3 cm³/mol. The normalized spacial score (nSPS) is 18.1. The molecule has 102 valence electrons. The highest BCUT2D eigenvalue weighted by atomic mass is 35.5. The van der Waals surface area contributed by atoms with Crippen molar-refractivity contribution in [1.82, 2.24) is 9.88 Å². The number of nitriles is 1. The lowest BCUT2D eigenvalue weighted by Crippen LogP contribution is -2.50. The molecule has 1 aliphatic heterocycles. The second kappa shape index (κ2) is 6.74. The van der Waals surface area contributed by atoms with Crippen LogP contribution in [0.5, 0.6) is 0 Å². The van der Waals surface area contributed by atoms with E-state index in [1.54, 1.807) is 6.20 Å². The molecule has 1 saturated heterocycles. The van der Waals surface area contributed by atoms with Crippen LogP contribution in [0, 0.1) is 11.3 Å². The van der Waals surface area contributed by atoms with E-state index in [9.17, 15) is 5.26 Å². The van der Waals surface area contributed by atoms with E-state index in [-0.39, 0.29) is 6.04 Å². The Hall–Kier alpha value is -1.31. The highest BCUT2D eigenvalue weighted by Crippen LogP contribution is 2.17. The number of nitrogens with zero attached hydrogens (tertiary/aromatic N) is 4. The van der Waals surface area contributed by atoms with Gasteiger partial charge in [0.15, 0.2) is 0 Å². The summed E-state index contributed by atoms with van der Waals surface area (Å²) in [4.78, 5) is 8.86. The molecule has 1 aromatic heterocycles. The molecular formula is C14H19ClN4. The smallest absolute Gasteiger partial charge is 0.128 e. The van der Waals surface area contributed by atoms with Crippen LogP contribution in [-0.2, 0) is 0 Å². The molecule has 0 N–H and O–H groups in total. The summed E-state index contributed by atoms with van der Waals surface area (Å²) < 4.78 is 0. The Labute approximate surface area is 119 Å². The molecule has 1 unspecified atom stereocenters.